The normalized spacial score (nSPS) is 16.2. The van der Waals surface area contributed by atoms with Crippen molar-refractivity contribution >= 4 is 11.3 Å². The number of aliphatic hydroxyl groups is 1. The van der Waals surface area contributed by atoms with Gasteiger partial charge in [0.05, 0.1) is 5.60 Å². The molecule has 1 N–H and O–H groups in total. The number of rotatable bonds is 3. The molecule has 1 aromatic rings. The highest BCUT2D eigenvalue weighted by molar-refractivity contribution is 7.10. The van der Waals surface area contributed by atoms with Crippen molar-refractivity contribution in [2.24, 2.45) is 5.92 Å². The molecule has 0 aliphatic heterocycles. The van der Waals surface area contributed by atoms with Gasteiger partial charge in [-0.1, -0.05) is 13.8 Å². The maximum absolute atomic E-state index is 10.2. The Morgan fingerprint density at radius 2 is 2.15 bits per heavy atom. The summed E-state index contributed by atoms with van der Waals surface area (Å²) < 4.78 is 0. The second-order valence-electron chi connectivity index (χ2n) is 4.26. The summed E-state index contributed by atoms with van der Waals surface area (Å²) in [5.74, 6) is 0.522. The van der Waals surface area contributed by atoms with Crippen molar-refractivity contribution in [2.75, 3.05) is 0 Å². The third-order valence-corrected chi connectivity index (χ3v) is 3.09. The summed E-state index contributed by atoms with van der Waals surface area (Å²) in [6.07, 6.45) is 0.824. The summed E-state index contributed by atoms with van der Waals surface area (Å²) in [5.41, 5.74) is 0.435. The van der Waals surface area contributed by atoms with Gasteiger partial charge in [-0.15, -0.1) is 11.3 Å². The summed E-state index contributed by atoms with van der Waals surface area (Å²) in [6, 6.07) is 2.03. The average Bonchev–Trinajstić information content (AvgIpc) is 2.32. The molecule has 1 nitrogen and oxygen atoms in total. The quantitative estimate of drug-likeness (QED) is 0.790. The minimum atomic E-state index is -0.655. The standard InChI is InChI=1S/C11H18OS/c1-8(2)7-11(4,12)10-5-6-13-9(10)3/h5-6,8,12H,7H2,1-4H3. The smallest absolute Gasteiger partial charge is 0.0881 e. The molecule has 2 heteroatoms. The second kappa shape index (κ2) is 3.81. The Bertz CT molecular complexity index is 273. The lowest BCUT2D eigenvalue weighted by molar-refractivity contribution is 0.0347. The molecule has 0 amide bonds. The van der Waals surface area contributed by atoms with Crippen molar-refractivity contribution < 1.29 is 5.11 Å². The van der Waals surface area contributed by atoms with E-state index in [0.29, 0.717) is 5.92 Å². The number of hydrogen-bond acceptors (Lipinski definition) is 2. The van der Waals surface area contributed by atoms with Gasteiger partial charge in [0, 0.05) is 4.88 Å². The van der Waals surface area contributed by atoms with Crippen molar-refractivity contribution in [3.05, 3.63) is 21.9 Å². The molecular formula is C11H18OS. The van der Waals surface area contributed by atoms with Crippen LogP contribution < -0.4 is 0 Å². The molecule has 0 radical (unpaired) electrons. The molecule has 0 saturated carbocycles. The molecule has 74 valence electrons. The van der Waals surface area contributed by atoms with Crippen molar-refractivity contribution in [3.8, 4) is 0 Å². The fraction of sp³-hybridized carbons (Fsp3) is 0.636. The van der Waals surface area contributed by atoms with E-state index in [0.717, 1.165) is 12.0 Å². The van der Waals surface area contributed by atoms with Gasteiger partial charge in [-0.25, -0.2) is 0 Å². The molecule has 13 heavy (non-hydrogen) atoms. The van der Waals surface area contributed by atoms with Crippen molar-refractivity contribution in [2.45, 2.75) is 39.7 Å². The Balaban J connectivity index is 2.87. The van der Waals surface area contributed by atoms with Crippen LogP contribution in [0.1, 0.15) is 37.6 Å². The third-order valence-electron chi connectivity index (χ3n) is 2.24. The van der Waals surface area contributed by atoms with Crippen LogP contribution in [0.15, 0.2) is 11.4 Å². The van der Waals surface area contributed by atoms with Crippen LogP contribution in [0.4, 0.5) is 0 Å². The Hall–Kier alpha value is -0.340. The van der Waals surface area contributed by atoms with Crippen LogP contribution in [0.2, 0.25) is 0 Å². The molecule has 1 heterocycles. The Morgan fingerprint density at radius 1 is 1.54 bits per heavy atom. The van der Waals surface area contributed by atoms with Gasteiger partial charge in [-0.3, -0.25) is 0 Å². The monoisotopic (exact) mass is 198 g/mol. The van der Waals surface area contributed by atoms with Gasteiger partial charge in [-0.05, 0) is 43.2 Å². The Morgan fingerprint density at radius 3 is 2.54 bits per heavy atom. The third kappa shape index (κ3) is 2.55. The van der Waals surface area contributed by atoms with Crippen LogP contribution in [0.3, 0.4) is 0 Å². The SMILES string of the molecule is Cc1sccc1C(C)(O)CC(C)C. The first-order chi connectivity index (χ1) is 5.93. The molecule has 1 atom stereocenters. The summed E-state index contributed by atoms with van der Waals surface area (Å²) in [5, 5.41) is 12.3. The maximum Gasteiger partial charge on any atom is 0.0881 e. The first-order valence-corrected chi connectivity index (χ1v) is 5.58. The zero-order valence-corrected chi connectivity index (χ0v) is 9.61. The zero-order valence-electron chi connectivity index (χ0n) is 8.79. The Labute approximate surface area is 84.4 Å². The maximum atomic E-state index is 10.2. The molecule has 1 aromatic heterocycles. The lowest BCUT2D eigenvalue weighted by Gasteiger charge is -2.25. The summed E-state index contributed by atoms with van der Waals surface area (Å²) in [7, 11) is 0. The summed E-state index contributed by atoms with van der Waals surface area (Å²) in [6.45, 7) is 8.24. The molecule has 0 aliphatic carbocycles. The predicted molar refractivity (Wildman–Crippen MR) is 58.1 cm³/mol. The van der Waals surface area contributed by atoms with Crippen molar-refractivity contribution in [3.63, 3.8) is 0 Å². The van der Waals surface area contributed by atoms with Gasteiger partial charge < -0.3 is 5.11 Å². The van der Waals surface area contributed by atoms with E-state index in [9.17, 15) is 5.11 Å². The van der Waals surface area contributed by atoms with Gasteiger partial charge >= 0.3 is 0 Å². The summed E-state index contributed by atoms with van der Waals surface area (Å²) in [4.78, 5) is 1.23. The first kappa shape index (κ1) is 10.7. The van der Waals surface area contributed by atoms with Crippen LogP contribution in [0, 0.1) is 12.8 Å². The predicted octanol–water partition coefficient (Wildman–Crippen LogP) is 3.31. The van der Waals surface area contributed by atoms with Gasteiger partial charge in [-0.2, -0.15) is 0 Å². The highest BCUT2D eigenvalue weighted by atomic mass is 32.1. The van der Waals surface area contributed by atoms with E-state index in [2.05, 4.69) is 20.8 Å². The van der Waals surface area contributed by atoms with Gasteiger partial charge in [0.1, 0.15) is 0 Å². The number of thiophene rings is 1. The van der Waals surface area contributed by atoms with Crippen LogP contribution >= 0.6 is 11.3 Å². The number of hydrogen-bond donors (Lipinski definition) is 1. The highest BCUT2D eigenvalue weighted by Gasteiger charge is 2.26. The molecule has 0 bridgehead atoms. The molecular weight excluding hydrogens is 180 g/mol. The molecule has 0 aliphatic rings. The first-order valence-electron chi connectivity index (χ1n) is 4.70. The van der Waals surface area contributed by atoms with E-state index in [-0.39, 0.29) is 0 Å². The van der Waals surface area contributed by atoms with Crippen molar-refractivity contribution in [1.29, 1.82) is 0 Å². The Kier molecular flexibility index (Phi) is 3.14. The average molecular weight is 198 g/mol. The minimum Gasteiger partial charge on any atom is -0.385 e. The van der Waals surface area contributed by atoms with Crippen molar-refractivity contribution in [1.82, 2.24) is 0 Å². The molecule has 1 rings (SSSR count). The zero-order chi connectivity index (χ0) is 10.1. The topological polar surface area (TPSA) is 20.2 Å². The van der Waals surface area contributed by atoms with E-state index in [4.69, 9.17) is 0 Å². The number of aryl methyl sites for hydroxylation is 1. The fourth-order valence-corrected chi connectivity index (χ4v) is 2.67. The van der Waals surface area contributed by atoms with E-state index < -0.39 is 5.60 Å². The summed E-state index contributed by atoms with van der Waals surface area (Å²) >= 11 is 1.70. The molecule has 1 unspecified atom stereocenters. The van der Waals surface area contributed by atoms with E-state index in [1.807, 2.05) is 18.4 Å². The van der Waals surface area contributed by atoms with E-state index in [1.165, 1.54) is 4.88 Å². The molecule has 0 fully saturated rings. The van der Waals surface area contributed by atoms with Gasteiger partial charge in [0.15, 0.2) is 0 Å². The second-order valence-corrected chi connectivity index (χ2v) is 5.38. The van der Waals surface area contributed by atoms with E-state index >= 15 is 0 Å². The molecule has 0 saturated heterocycles. The van der Waals surface area contributed by atoms with Crippen LogP contribution in [0.25, 0.3) is 0 Å². The van der Waals surface area contributed by atoms with E-state index in [1.54, 1.807) is 11.3 Å². The van der Waals surface area contributed by atoms with Gasteiger partial charge in [0.2, 0.25) is 0 Å². The lowest BCUT2D eigenvalue weighted by atomic mass is 9.88. The fourth-order valence-electron chi connectivity index (χ4n) is 1.85. The van der Waals surface area contributed by atoms with Crippen LogP contribution in [0.5, 0.6) is 0 Å². The highest BCUT2D eigenvalue weighted by Crippen LogP contribution is 2.32. The van der Waals surface area contributed by atoms with Crippen LogP contribution in [-0.2, 0) is 5.60 Å². The molecule has 0 spiro atoms. The molecule has 0 aromatic carbocycles. The minimum absolute atomic E-state index is 0.522. The lowest BCUT2D eigenvalue weighted by Crippen LogP contribution is -2.23. The largest absolute Gasteiger partial charge is 0.385 e. The van der Waals surface area contributed by atoms with Gasteiger partial charge in [0.25, 0.3) is 0 Å². The van der Waals surface area contributed by atoms with Crippen LogP contribution in [-0.4, -0.2) is 5.11 Å².